The van der Waals surface area contributed by atoms with Crippen molar-refractivity contribution in [2.45, 2.75) is 18.9 Å². The predicted molar refractivity (Wildman–Crippen MR) is 69.6 cm³/mol. The molecule has 0 saturated carbocycles. The standard InChI is InChI=1S/C13H10N4O3/c18-10-4-3-8(12(19)15-10)17-9-6-14-16-5-1-2-7(11(9)16)13(17)20/h1-2,5-6,8H,3-4H2,(H,15,18,19). The number of amides is 2. The Bertz CT molecular complexity index is 907. The first-order valence-corrected chi connectivity index (χ1v) is 6.30. The van der Waals surface area contributed by atoms with Crippen LogP contribution in [0.3, 0.4) is 0 Å². The molecule has 3 aromatic rings. The predicted octanol–water partition coefficient (Wildman–Crippen LogP) is 0.0647. The lowest BCUT2D eigenvalue weighted by Gasteiger charge is -2.21. The van der Waals surface area contributed by atoms with Crippen LogP contribution in [0.15, 0.2) is 29.3 Å². The molecule has 1 aliphatic heterocycles. The second kappa shape index (κ2) is 3.66. The highest BCUT2D eigenvalue weighted by Crippen LogP contribution is 2.25. The Labute approximate surface area is 112 Å². The molecule has 1 fully saturated rings. The van der Waals surface area contributed by atoms with Gasteiger partial charge in [-0.2, -0.15) is 5.10 Å². The number of rotatable bonds is 1. The fourth-order valence-electron chi connectivity index (χ4n) is 2.85. The number of hydrogen-bond acceptors (Lipinski definition) is 4. The average molecular weight is 270 g/mol. The van der Waals surface area contributed by atoms with Gasteiger partial charge >= 0.3 is 0 Å². The lowest BCUT2D eigenvalue weighted by molar-refractivity contribution is -0.135. The molecule has 0 aliphatic carbocycles. The van der Waals surface area contributed by atoms with Crippen LogP contribution in [0.1, 0.15) is 18.9 Å². The van der Waals surface area contributed by atoms with Crippen molar-refractivity contribution < 1.29 is 9.59 Å². The van der Waals surface area contributed by atoms with E-state index in [0.717, 1.165) is 0 Å². The molecule has 100 valence electrons. The number of hydrogen-bond donors (Lipinski definition) is 1. The average Bonchev–Trinajstić information content (AvgIpc) is 2.96. The maximum Gasteiger partial charge on any atom is 0.261 e. The molecular weight excluding hydrogens is 260 g/mol. The lowest BCUT2D eigenvalue weighted by atomic mass is 10.1. The summed E-state index contributed by atoms with van der Waals surface area (Å²) in [6.07, 6.45) is 3.90. The van der Waals surface area contributed by atoms with Gasteiger partial charge in [0.25, 0.3) is 5.56 Å². The molecule has 4 rings (SSSR count). The van der Waals surface area contributed by atoms with E-state index in [4.69, 9.17) is 0 Å². The number of carbonyl (C=O) groups is 2. The highest BCUT2D eigenvalue weighted by atomic mass is 16.2. The fraction of sp³-hybridized carbons (Fsp3) is 0.231. The van der Waals surface area contributed by atoms with Gasteiger partial charge in [-0.15, -0.1) is 0 Å². The van der Waals surface area contributed by atoms with Gasteiger partial charge < -0.3 is 0 Å². The number of nitrogens with zero attached hydrogens (tertiary/aromatic N) is 3. The summed E-state index contributed by atoms with van der Waals surface area (Å²) in [5.41, 5.74) is 1.12. The van der Waals surface area contributed by atoms with Crippen molar-refractivity contribution in [3.05, 3.63) is 34.9 Å². The van der Waals surface area contributed by atoms with Gasteiger partial charge in [-0.05, 0) is 18.6 Å². The number of carbonyl (C=O) groups excluding carboxylic acids is 2. The van der Waals surface area contributed by atoms with Gasteiger partial charge in [0, 0.05) is 12.6 Å². The second-order valence-corrected chi connectivity index (χ2v) is 4.89. The second-order valence-electron chi connectivity index (χ2n) is 4.89. The van der Waals surface area contributed by atoms with Crippen molar-refractivity contribution in [3.63, 3.8) is 0 Å². The van der Waals surface area contributed by atoms with E-state index in [9.17, 15) is 14.4 Å². The van der Waals surface area contributed by atoms with Crippen molar-refractivity contribution in [1.82, 2.24) is 19.5 Å². The first-order valence-electron chi connectivity index (χ1n) is 6.30. The van der Waals surface area contributed by atoms with Gasteiger partial charge in [0.1, 0.15) is 11.6 Å². The van der Waals surface area contributed by atoms with Gasteiger partial charge in [-0.25, -0.2) is 4.52 Å². The van der Waals surface area contributed by atoms with Crippen LogP contribution in [0, 0.1) is 0 Å². The molecule has 0 aromatic carbocycles. The van der Waals surface area contributed by atoms with E-state index in [1.807, 2.05) is 0 Å². The van der Waals surface area contributed by atoms with E-state index in [1.54, 1.807) is 29.0 Å². The molecule has 4 heterocycles. The normalized spacial score (nSPS) is 19.9. The Kier molecular flexibility index (Phi) is 2.04. The molecule has 1 atom stereocenters. The van der Waals surface area contributed by atoms with Crippen LogP contribution in [0.2, 0.25) is 0 Å². The van der Waals surface area contributed by atoms with Gasteiger partial charge in [0.05, 0.1) is 17.1 Å². The summed E-state index contributed by atoms with van der Waals surface area (Å²) in [7, 11) is 0. The van der Waals surface area contributed by atoms with Crippen LogP contribution in [0.25, 0.3) is 16.4 Å². The summed E-state index contributed by atoms with van der Waals surface area (Å²) >= 11 is 0. The number of imide groups is 1. The van der Waals surface area contributed by atoms with Crippen molar-refractivity contribution in [3.8, 4) is 0 Å². The molecule has 0 bridgehead atoms. The summed E-state index contributed by atoms with van der Waals surface area (Å²) in [5, 5.41) is 6.98. The van der Waals surface area contributed by atoms with Crippen molar-refractivity contribution in [2.75, 3.05) is 0 Å². The maximum absolute atomic E-state index is 12.5. The summed E-state index contributed by atoms with van der Waals surface area (Å²) < 4.78 is 3.06. The first-order chi connectivity index (χ1) is 9.66. The SMILES string of the molecule is O=C1CCC(n2c(=O)c3cccn4ncc2c34)C(=O)N1. The minimum absolute atomic E-state index is 0.218. The highest BCUT2D eigenvalue weighted by Gasteiger charge is 2.31. The van der Waals surface area contributed by atoms with Crippen LogP contribution in [-0.4, -0.2) is 26.0 Å². The van der Waals surface area contributed by atoms with Crippen molar-refractivity contribution in [2.24, 2.45) is 0 Å². The lowest BCUT2D eigenvalue weighted by Crippen LogP contribution is -2.43. The van der Waals surface area contributed by atoms with Gasteiger partial charge in [0.15, 0.2) is 0 Å². The molecule has 0 spiro atoms. The van der Waals surface area contributed by atoms with Crippen LogP contribution >= 0.6 is 0 Å². The molecule has 1 saturated heterocycles. The summed E-state index contributed by atoms with van der Waals surface area (Å²) in [5.74, 6) is -0.725. The van der Waals surface area contributed by atoms with Crippen LogP contribution in [-0.2, 0) is 9.59 Å². The third kappa shape index (κ3) is 1.29. The van der Waals surface area contributed by atoms with Crippen LogP contribution < -0.4 is 10.9 Å². The minimum atomic E-state index is -0.652. The molecule has 1 unspecified atom stereocenters. The van der Waals surface area contributed by atoms with E-state index < -0.39 is 11.9 Å². The quantitative estimate of drug-likeness (QED) is 0.634. The number of aromatic nitrogens is 3. The molecule has 7 nitrogen and oxygen atoms in total. The molecule has 0 radical (unpaired) electrons. The Hall–Kier alpha value is -2.70. The van der Waals surface area contributed by atoms with Crippen molar-refractivity contribution >= 4 is 28.2 Å². The maximum atomic E-state index is 12.5. The largest absolute Gasteiger partial charge is 0.295 e. The Balaban J connectivity index is 2.00. The molecule has 1 N–H and O–H groups in total. The number of pyridine rings is 1. The molecule has 2 amide bonds. The fourth-order valence-corrected chi connectivity index (χ4v) is 2.85. The number of nitrogens with one attached hydrogen (secondary N) is 1. The van der Waals surface area contributed by atoms with Crippen LogP contribution in [0.5, 0.6) is 0 Å². The third-order valence-electron chi connectivity index (χ3n) is 3.75. The van der Waals surface area contributed by atoms with Crippen LogP contribution in [0.4, 0.5) is 0 Å². The Morgan fingerprint density at radius 2 is 2.15 bits per heavy atom. The smallest absolute Gasteiger partial charge is 0.261 e. The van der Waals surface area contributed by atoms with Gasteiger partial charge in [0.2, 0.25) is 11.8 Å². The molecule has 3 aromatic heterocycles. The van der Waals surface area contributed by atoms with Gasteiger partial charge in [-0.1, -0.05) is 0 Å². The molecule has 1 aliphatic rings. The number of piperidine rings is 1. The summed E-state index contributed by atoms with van der Waals surface area (Å²) in [6, 6.07) is 2.81. The molecule has 7 heteroatoms. The van der Waals surface area contributed by atoms with E-state index in [-0.39, 0.29) is 17.9 Å². The van der Waals surface area contributed by atoms with E-state index >= 15 is 0 Å². The van der Waals surface area contributed by atoms with Crippen molar-refractivity contribution in [1.29, 1.82) is 0 Å². The zero-order valence-electron chi connectivity index (χ0n) is 10.4. The van der Waals surface area contributed by atoms with E-state index in [2.05, 4.69) is 10.4 Å². The third-order valence-corrected chi connectivity index (χ3v) is 3.75. The van der Waals surface area contributed by atoms with E-state index in [1.165, 1.54) is 4.57 Å². The summed E-state index contributed by atoms with van der Waals surface area (Å²) in [4.78, 5) is 35.7. The summed E-state index contributed by atoms with van der Waals surface area (Å²) in [6.45, 7) is 0. The topological polar surface area (TPSA) is 85.5 Å². The zero-order valence-corrected chi connectivity index (χ0v) is 10.4. The zero-order chi connectivity index (χ0) is 13.9. The minimum Gasteiger partial charge on any atom is -0.295 e. The Morgan fingerprint density at radius 1 is 1.30 bits per heavy atom. The molecule has 20 heavy (non-hydrogen) atoms. The monoisotopic (exact) mass is 270 g/mol. The van der Waals surface area contributed by atoms with Gasteiger partial charge in [-0.3, -0.25) is 24.3 Å². The molecular formula is C13H10N4O3. The highest BCUT2D eigenvalue weighted by molar-refractivity contribution is 6.01. The Morgan fingerprint density at radius 3 is 2.95 bits per heavy atom. The van der Waals surface area contributed by atoms with E-state index in [0.29, 0.717) is 22.8 Å². The first kappa shape index (κ1) is 11.2.